The van der Waals surface area contributed by atoms with E-state index in [1.807, 2.05) is 6.07 Å². The van der Waals surface area contributed by atoms with Crippen LogP contribution in [0.1, 0.15) is 24.8 Å². The first-order valence-electron chi connectivity index (χ1n) is 8.92. The van der Waals surface area contributed by atoms with E-state index in [1.165, 1.54) is 23.0 Å². The Bertz CT molecular complexity index is 799. The van der Waals surface area contributed by atoms with Crippen LogP contribution in [-0.4, -0.2) is 25.5 Å². The molecule has 2 atom stereocenters. The summed E-state index contributed by atoms with van der Waals surface area (Å²) in [4.78, 5) is 3.98. The zero-order chi connectivity index (χ0) is 17.1. The van der Waals surface area contributed by atoms with Crippen LogP contribution in [0.4, 0.5) is 0 Å². The van der Waals surface area contributed by atoms with Gasteiger partial charge in [0.05, 0.1) is 12.1 Å². The summed E-state index contributed by atoms with van der Waals surface area (Å²) in [6.45, 7) is 0.528. The van der Waals surface area contributed by atoms with Gasteiger partial charge in [-0.1, -0.05) is 61.0 Å². The molecule has 1 N–H and O–H groups in total. The lowest BCUT2D eigenvalue weighted by atomic mass is 9.85. The van der Waals surface area contributed by atoms with E-state index in [9.17, 15) is 5.11 Å². The summed E-state index contributed by atoms with van der Waals surface area (Å²) < 4.78 is 1.75. The van der Waals surface area contributed by atoms with Gasteiger partial charge in [0.25, 0.3) is 0 Å². The summed E-state index contributed by atoms with van der Waals surface area (Å²) in [6, 6.07) is 19.1. The third-order valence-corrected chi connectivity index (χ3v) is 5.37. The van der Waals surface area contributed by atoms with Gasteiger partial charge < -0.3 is 5.11 Å². The Hall–Kier alpha value is -2.46. The van der Waals surface area contributed by atoms with Gasteiger partial charge in [0.2, 0.25) is 0 Å². The Morgan fingerprint density at radius 3 is 2.52 bits per heavy atom. The molecule has 1 aliphatic carbocycles. The predicted molar refractivity (Wildman–Crippen MR) is 97.9 cm³/mol. The number of hydrogen-bond acceptors (Lipinski definition) is 3. The zero-order valence-corrected chi connectivity index (χ0v) is 14.3. The van der Waals surface area contributed by atoms with Crippen molar-refractivity contribution >= 4 is 0 Å². The van der Waals surface area contributed by atoms with E-state index in [0.717, 1.165) is 25.7 Å². The van der Waals surface area contributed by atoms with Gasteiger partial charge in [-0.3, -0.25) is 4.68 Å². The van der Waals surface area contributed by atoms with Crippen molar-refractivity contribution in [3.8, 4) is 11.1 Å². The van der Waals surface area contributed by atoms with Gasteiger partial charge in [0, 0.05) is 0 Å². The minimum Gasteiger partial charge on any atom is -0.388 e. The third kappa shape index (κ3) is 3.49. The Kier molecular flexibility index (Phi) is 4.36. The molecule has 4 rings (SSSR count). The van der Waals surface area contributed by atoms with Crippen LogP contribution in [0.3, 0.4) is 0 Å². The van der Waals surface area contributed by atoms with Crippen LogP contribution < -0.4 is 0 Å². The van der Waals surface area contributed by atoms with Gasteiger partial charge >= 0.3 is 0 Å². The highest BCUT2D eigenvalue weighted by atomic mass is 16.3. The second-order valence-electron chi connectivity index (χ2n) is 7.05. The van der Waals surface area contributed by atoms with Gasteiger partial charge in [-0.05, 0) is 41.9 Å². The number of hydrogen-bond donors (Lipinski definition) is 1. The molecule has 1 aromatic heterocycles. The van der Waals surface area contributed by atoms with Crippen molar-refractivity contribution in [1.29, 1.82) is 0 Å². The molecule has 2 aromatic carbocycles. The van der Waals surface area contributed by atoms with Gasteiger partial charge in [-0.25, -0.2) is 4.98 Å². The van der Waals surface area contributed by atoms with Crippen LogP contribution in [0.15, 0.2) is 67.3 Å². The van der Waals surface area contributed by atoms with E-state index in [1.54, 1.807) is 11.0 Å². The standard InChI is InChI=1S/C21H23N3O/c25-21(14-24-16-22-15-23-24)12-4-7-20(21)13-17-8-10-19(11-9-17)18-5-2-1-3-6-18/h1-3,5-6,8-11,15-16,20,25H,4,7,12-14H2. The number of aromatic nitrogens is 3. The van der Waals surface area contributed by atoms with Crippen molar-refractivity contribution in [1.82, 2.24) is 14.8 Å². The predicted octanol–water partition coefficient (Wildman–Crippen LogP) is 3.72. The summed E-state index contributed by atoms with van der Waals surface area (Å²) in [5, 5.41) is 15.3. The molecule has 25 heavy (non-hydrogen) atoms. The average Bonchev–Trinajstić information content (AvgIpc) is 3.27. The van der Waals surface area contributed by atoms with E-state index < -0.39 is 5.60 Å². The summed E-state index contributed by atoms with van der Waals surface area (Å²) in [5.41, 5.74) is 3.06. The summed E-state index contributed by atoms with van der Waals surface area (Å²) >= 11 is 0. The molecule has 128 valence electrons. The van der Waals surface area contributed by atoms with Crippen LogP contribution >= 0.6 is 0 Å². The van der Waals surface area contributed by atoms with Crippen LogP contribution in [0.25, 0.3) is 11.1 Å². The highest BCUT2D eigenvalue weighted by Gasteiger charge is 2.41. The fourth-order valence-electron chi connectivity index (χ4n) is 3.97. The van der Waals surface area contributed by atoms with Crippen molar-refractivity contribution in [2.45, 2.75) is 37.8 Å². The van der Waals surface area contributed by atoms with Crippen molar-refractivity contribution in [2.75, 3.05) is 0 Å². The lowest BCUT2D eigenvalue weighted by Gasteiger charge is -2.30. The quantitative estimate of drug-likeness (QED) is 0.774. The number of benzene rings is 2. The lowest BCUT2D eigenvalue weighted by Crippen LogP contribution is -2.39. The fraction of sp³-hybridized carbons (Fsp3) is 0.333. The molecule has 4 heteroatoms. The van der Waals surface area contributed by atoms with Crippen molar-refractivity contribution in [2.24, 2.45) is 5.92 Å². The smallest absolute Gasteiger partial charge is 0.137 e. The Morgan fingerprint density at radius 1 is 1.04 bits per heavy atom. The van der Waals surface area contributed by atoms with Crippen LogP contribution in [0, 0.1) is 5.92 Å². The normalized spacial score (nSPS) is 23.0. The maximum absolute atomic E-state index is 11.1. The number of nitrogens with zero attached hydrogens (tertiary/aromatic N) is 3. The molecule has 1 saturated carbocycles. The monoisotopic (exact) mass is 333 g/mol. The largest absolute Gasteiger partial charge is 0.388 e. The first-order chi connectivity index (χ1) is 12.2. The van der Waals surface area contributed by atoms with Gasteiger partial charge in [0.15, 0.2) is 0 Å². The first-order valence-corrected chi connectivity index (χ1v) is 8.92. The zero-order valence-electron chi connectivity index (χ0n) is 14.3. The molecule has 0 amide bonds. The molecule has 0 aliphatic heterocycles. The highest BCUT2D eigenvalue weighted by Crippen LogP contribution is 2.39. The van der Waals surface area contributed by atoms with E-state index in [0.29, 0.717) is 6.54 Å². The van der Waals surface area contributed by atoms with Crippen LogP contribution in [0.2, 0.25) is 0 Å². The molecule has 1 fully saturated rings. The van der Waals surface area contributed by atoms with Gasteiger partial charge in [-0.2, -0.15) is 5.10 Å². The molecule has 2 unspecified atom stereocenters. The number of aliphatic hydroxyl groups is 1. The minimum absolute atomic E-state index is 0.263. The van der Waals surface area contributed by atoms with Crippen molar-refractivity contribution in [3.63, 3.8) is 0 Å². The Labute approximate surface area is 148 Å². The molecule has 0 radical (unpaired) electrons. The van der Waals surface area contributed by atoms with Crippen molar-refractivity contribution < 1.29 is 5.11 Å². The molecule has 1 aliphatic rings. The van der Waals surface area contributed by atoms with E-state index in [-0.39, 0.29) is 5.92 Å². The van der Waals surface area contributed by atoms with Gasteiger partial charge in [-0.15, -0.1) is 0 Å². The third-order valence-electron chi connectivity index (χ3n) is 5.37. The first kappa shape index (κ1) is 16.0. The lowest BCUT2D eigenvalue weighted by molar-refractivity contribution is -0.0163. The topological polar surface area (TPSA) is 50.9 Å². The molecule has 4 nitrogen and oxygen atoms in total. The minimum atomic E-state index is -0.689. The summed E-state index contributed by atoms with van der Waals surface area (Å²) in [7, 11) is 0. The Balaban J connectivity index is 1.47. The molecule has 0 saturated heterocycles. The van der Waals surface area contributed by atoms with E-state index in [4.69, 9.17) is 0 Å². The molecule has 0 bridgehead atoms. The molecule has 3 aromatic rings. The Morgan fingerprint density at radius 2 is 1.80 bits per heavy atom. The summed E-state index contributed by atoms with van der Waals surface area (Å²) in [6.07, 6.45) is 7.07. The highest BCUT2D eigenvalue weighted by molar-refractivity contribution is 5.63. The van der Waals surface area contributed by atoms with Crippen LogP contribution in [0.5, 0.6) is 0 Å². The average molecular weight is 333 g/mol. The maximum Gasteiger partial charge on any atom is 0.137 e. The maximum atomic E-state index is 11.1. The SMILES string of the molecule is OC1(Cn2cncn2)CCCC1Cc1ccc(-c2ccccc2)cc1. The summed E-state index contributed by atoms with van der Waals surface area (Å²) in [5.74, 6) is 0.263. The van der Waals surface area contributed by atoms with E-state index >= 15 is 0 Å². The van der Waals surface area contributed by atoms with E-state index in [2.05, 4.69) is 58.6 Å². The fourth-order valence-corrected chi connectivity index (χ4v) is 3.97. The second kappa shape index (κ2) is 6.81. The second-order valence-corrected chi connectivity index (χ2v) is 7.05. The molecule has 1 heterocycles. The molecular formula is C21H23N3O. The van der Waals surface area contributed by atoms with Gasteiger partial charge in [0.1, 0.15) is 12.7 Å². The molecular weight excluding hydrogens is 310 g/mol. The molecule has 0 spiro atoms. The van der Waals surface area contributed by atoms with Crippen molar-refractivity contribution in [3.05, 3.63) is 72.8 Å². The number of rotatable bonds is 5. The van der Waals surface area contributed by atoms with Crippen LogP contribution in [-0.2, 0) is 13.0 Å².